The molecule has 1 aromatic rings. The van der Waals surface area contributed by atoms with Crippen molar-refractivity contribution in [3.05, 3.63) is 5.82 Å². The largest absolute Gasteiger partial charge is 0.349 e. The van der Waals surface area contributed by atoms with Crippen LogP contribution in [0.1, 0.15) is 25.6 Å². The Kier molecular flexibility index (Phi) is 3.38. The van der Waals surface area contributed by atoms with Crippen molar-refractivity contribution in [2.45, 2.75) is 32.7 Å². The normalized spacial score (nSPS) is 17.5. The molecule has 6 heteroatoms. The average Bonchev–Trinajstić information content (AvgIpc) is 2.88. The second-order valence-corrected chi connectivity index (χ2v) is 4.80. The predicted octanol–water partition coefficient (Wildman–Crippen LogP) is 1.27. The van der Waals surface area contributed by atoms with Crippen LogP contribution in [-0.2, 0) is 4.79 Å². The molecule has 1 saturated heterocycles. The first-order chi connectivity index (χ1) is 7.66. The quantitative estimate of drug-likeness (QED) is 0.864. The summed E-state index contributed by atoms with van der Waals surface area (Å²) in [7, 11) is 0. The van der Waals surface area contributed by atoms with Crippen LogP contribution in [0, 0.1) is 6.92 Å². The number of likely N-dealkylation sites (tertiary alicyclic amines) is 1. The van der Waals surface area contributed by atoms with E-state index in [1.165, 1.54) is 11.5 Å². The fraction of sp³-hybridized carbons (Fsp3) is 0.700. The molecule has 0 saturated carbocycles. The van der Waals surface area contributed by atoms with E-state index < -0.39 is 0 Å². The molecule has 2 heterocycles. The standard InChI is InChI=1S/C10H16N4OS/c1-7(9(15)14-5-3-4-6-14)11-10-12-8(2)13-16-10/h7H,3-6H2,1-2H3,(H,11,12,13). The molecule has 0 spiro atoms. The molecule has 1 N–H and O–H groups in total. The highest BCUT2D eigenvalue weighted by Gasteiger charge is 2.23. The lowest BCUT2D eigenvalue weighted by molar-refractivity contribution is -0.130. The van der Waals surface area contributed by atoms with Gasteiger partial charge in [0.05, 0.1) is 0 Å². The van der Waals surface area contributed by atoms with Crippen LogP contribution < -0.4 is 5.32 Å². The first kappa shape index (κ1) is 11.3. The van der Waals surface area contributed by atoms with Crippen molar-refractivity contribution in [2.75, 3.05) is 18.4 Å². The van der Waals surface area contributed by atoms with E-state index in [-0.39, 0.29) is 11.9 Å². The number of amides is 1. The van der Waals surface area contributed by atoms with Crippen LogP contribution in [0.3, 0.4) is 0 Å². The van der Waals surface area contributed by atoms with Crippen molar-refractivity contribution in [1.82, 2.24) is 14.3 Å². The number of rotatable bonds is 3. The van der Waals surface area contributed by atoms with E-state index in [0.29, 0.717) is 0 Å². The minimum atomic E-state index is -0.217. The SMILES string of the molecule is Cc1nsc(NC(C)C(=O)N2CCCC2)n1. The summed E-state index contributed by atoms with van der Waals surface area (Å²) in [6.07, 6.45) is 2.24. The third kappa shape index (κ3) is 2.49. The zero-order chi connectivity index (χ0) is 11.5. The Balaban J connectivity index is 1.91. The molecule has 1 aliphatic heterocycles. The van der Waals surface area contributed by atoms with E-state index >= 15 is 0 Å². The number of nitrogens with zero attached hydrogens (tertiary/aromatic N) is 3. The second-order valence-electron chi connectivity index (χ2n) is 4.05. The number of aryl methyl sites for hydroxylation is 1. The fourth-order valence-electron chi connectivity index (χ4n) is 1.81. The molecule has 5 nitrogen and oxygen atoms in total. The van der Waals surface area contributed by atoms with Gasteiger partial charge in [-0.2, -0.15) is 4.37 Å². The number of carbonyl (C=O) groups is 1. The first-order valence-electron chi connectivity index (χ1n) is 5.52. The maximum atomic E-state index is 12.0. The van der Waals surface area contributed by atoms with Crippen molar-refractivity contribution >= 4 is 22.6 Å². The van der Waals surface area contributed by atoms with Gasteiger partial charge in [-0.1, -0.05) is 0 Å². The summed E-state index contributed by atoms with van der Waals surface area (Å²) >= 11 is 1.29. The van der Waals surface area contributed by atoms with Crippen LogP contribution in [-0.4, -0.2) is 39.3 Å². The van der Waals surface area contributed by atoms with E-state index in [2.05, 4.69) is 14.7 Å². The minimum absolute atomic E-state index is 0.158. The van der Waals surface area contributed by atoms with E-state index in [1.54, 1.807) is 0 Å². The summed E-state index contributed by atoms with van der Waals surface area (Å²) in [6.45, 7) is 5.49. The summed E-state index contributed by atoms with van der Waals surface area (Å²) in [6, 6.07) is -0.217. The molecular weight excluding hydrogens is 224 g/mol. The van der Waals surface area contributed by atoms with E-state index in [1.807, 2.05) is 18.7 Å². The van der Waals surface area contributed by atoms with Crippen molar-refractivity contribution in [3.8, 4) is 0 Å². The molecular formula is C10H16N4OS. The van der Waals surface area contributed by atoms with Crippen LogP contribution in [0.2, 0.25) is 0 Å². The summed E-state index contributed by atoms with van der Waals surface area (Å²) in [5.74, 6) is 0.902. The van der Waals surface area contributed by atoms with Gasteiger partial charge in [0.2, 0.25) is 11.0 Å². The molecule has 1 fully saturated rings. The molecule has 16 heavy (non-hydrogen) atoms. The maximum absolute atomic E-state index is 12.0. The van der Waals surface area contributed by atoms with Gasteiger partial charge in [0, 0.05) is 24.6 Å². The van der Waals surface area contributed by atoms with E-state index in [4.69, 9.17) is 0 Å². The van der Waals surface area contributed by atoms with Crippen LogP contribution in [0.25, 0.3) is 0 Å². The summed E-state index contributed by atoms with van der Waals surface area (Å²) in [4.78, 5) is 18.1. The highest BCUT2D eigenvalue weighted by atomic mass is 32.1. The Morgan fingerprint density at radius 2 is 2.19 bits per heavy atom. The van der Waals surface area contributed by atoms with E-state index in [0.717, 1.165) is 36.9 Å². The number of carbonyl (C=O) groups excluding carboxylic acids is 1. The monoisotopic (exact) mass is 240 g/mol. The van der Waals surface area contributed by atoms with Gasteiger partial charge in [-0.15, -0.1) is 0 Å². The van der Waals surface area contributed by atoms with Crippen LogP contribution in [0.4, 0.5) is 5.13 Å². The number of aromatic nitrogens is 2. The summed E-state index contributed by atoms with van der Waals surface area (Å²) in [5, 5.41) is 3.81. The van der Waals surface area contributed by atoms with Crippen molar-refractivity contribution in [2.24, 2.45) is 0 Å². The first-order valence-corrected chi connectivity index (χ1v) is 6.30. The lowest BCUT2D eigenvalue weighted by atomic mass is 10.3. The zero-order valence-corrected chi connectivity index (χ0v) is 10.4. The van der Waals surface area contributed by atoms with Gasteiger partial charge >= 0.3 is 0 Å². The van der Waals surface area contributed by atoms with Gasteiger partial charge in [-0.05, 0) is 26.7 Å². The molecule has 1 amide bonds. The molecule has 1 aromatic heterocycles. The Labute approximate surface area is 99.0 Å². The zero-order valence-electron chi connectivity index (χ0n) is 9.56. The number of hydrogen-bond acceptors (Lipinski definition) is 5. The van der Waals surface area contributed by atoms with Crippen LogP contribution >= 0.6 is 11.5 Å². The highest BCUT2D eigenvalue weighted by molar-refractivity contribution is 7.09. The van der Waals surface area contributed by atoms with Crippen molar-refractivity contribution in [1.29, 1.82) is 0 Å². The number of nitrogens with one attached hydrogen (secondary N) is 1. The van der Waals surface area contributed by atoms with Crippen molar-refractivity contribution in [3.63, 3.8) is 0 Å². The molecule has 0 bridgehead atoms. The van der Waals surface area contributed by atoms with Crippen LogP contribution in [0.5, 0.6) is 0 Å². The Morgan fingerprint density at radius 3 is 2.75 bits per heavy atom. The molecule has 0 radical (unpaired) electrons. The number of hydrogen-bond donors (Lipinski definition) is 1. The molecule has 1 unspecified atom stereocenters. The van der Waals surface area contributed by atoms with Crippen LogP contribution in [0.15, 0.2) is 0 Å². The molecule has 2 rings (SSSR count). The smallest absolute Gasteiger partial charge is 0.244 e. The topological polar surface area (TPSA) is 58.1 Å². The van der Waals surface area contributed by atoms with Gasteiger partial charge < -0.3 is 10.2 Å². The molecule has 1 aliphatic rings. The molecule has 88 valence electrons. The molecule has 0 aromatic carbocycles. The Hall–Kier alpha value is -1.17. The molecule has 0 aliphatic carbocycles. The summed E-state index contributed by atoms with van der Waals surface area (Å²) < 4.78 is 4.07. The molecule has 1 atom stereocenters. The Morgan fingerprint density at radius 1 is 1.50 bits per heavy atom. The Bertz CT molecular complexity index is 373. The third-order valence-corrected chi connectivity index (χ3v) is 3.39. The van der Waals surface area contributed by atoms with E-state index in [9.17, 15) is 4.79 Å². The average molecular weight is 240 g/mol. The van der Waals surface area contributed by atoms with Gasteiger partial charge in [0.15, 0.2) is 0 Å². The highest BCUT2D eigenvalue weighted by Crippen LogP contribution is 2.14. The predicted molar refractivity (Wildman–Crippen MR) is 63.5 cm³/mol. The lowest BCUT2D eigenvalue weighted by Gasteiger charge is -2.20. The lowest BCUT2D eigenvalue weighted by Crippen LogP contribution is -2.39. The minimum Gasteiger partial charge on any atom is -0.349 e. The second kappa shape index (κ2) is 4.78. The third-order valence-electron chi connectivity index (χ3n) is 2.66. The maximum Gasteiger partial charge on any atom is 0.244 e. The van der Waals surface area contributed by atoms with Gasteiger partial charge in [-0.3, -0.25) is 4.79 Å². The summed E-state index contributed by atoms with van der Waals surface area (Å²) in [5.41, 5.74) is 0. The van der Waals surface area contributed by atoms with Crippen molar-refractivity contribution < 1.29 is 4.79 Å². The van der Waals surface area contributed by atoms with Gasteiger partial charge in [0.25, 0.3) is 0 Å². The van der Waals surface area contributed by atoms with Gasteiger partial charge in [-0.25, -0.2) is 4.98 Å². The fourth-order valence-corrected chi connectivity index (χ4v) is 2.48. The van der Waals surface area contributed by atoms with Gasteiger partial charge in [0.1, 0.15) is 11.9 Å². The number of anilines is 1.